The summed E-state index contributed by atoms with van der Waals surface area (Å²) in [6, 6.07) is 1.48. The predicted octanol–water partition coefficient (Wildman–Crippen LogP) is -1.92. The second kappa shape index (κ2) is 8.96. The number of hydrogen-bond acceptors (Lipinski definition) is 8. The van der Waals surface area contributed by atoms with Crippen molar-refractivity contribution in [2.24, 2.45) is 0 Å². The van der Waals surface area contributed by atoms with Crippen molar-refractivity contribution in [1.82, 2.24) is 36.0 Å². The minimum Gasteiger partial charge on any atom is -0.496 e. The lowest BCUT2D eigenvalue weighted by atomic mass is 9.84. The first kappa shape index (κ1) is 27.5. The minimum absolute atomic E-state index is 0.0929. The molecule has 40 heavy (non-hydrogen) atoms. The van der Waals surface area contributed by atoms with Crippen LogP contribution < -0.4 is 26.0 Å². The van der Waals surface area contributed by atoms with Crippen LogP contribution >= 0.6 is 0 Å². The molecule has 4 heterocycles. The number of carbonyl (C=O) groups is 3. The molecule has 1 aromatic carbocycles. The summed E-state index contributed by atoms with van der Waals surface area (Å²) in [5, 5.41) is 51.5. The summed E-state index contributed by atoms with van der Waals surface area (Å²) in [5.41, 5.74) is -1.20. The van der Waals surface area contributed by atoms with Crippen molar-refractivity contribution in [3.05, 3.63) is 29.3 Å². The molecule has 4 atom stereocenters. The molecule has 4 saturated heterocycles. The van der Waals surface area contributed by atoms with Crippen LogP contribution in [-0.2, 0) is 10.2 Å². The highest BCUT2D eigenvalue weighted by atomic mass is 16.5. The van der Waals surface area contributed by atoms with Crippen LogP contribution in [0.1, 0.15) is 36.7 Å². The molecule has 0 saturated carbocycles. The van der Waals surface area contributed by atoms with Crippen molar-refractivity contribution in [2.75, 3.05) is 33.8 Å². The number of para-hydroxylation sites is 1. The van der Waals surface area contributed by atoms with Gasteiger partial charge in [0.1, 0.15) is 18.3 Å². The molecule has 1 spiro atoms. The molecule has 15 nitrogen and oxygen atoms in total. The largest absolute Gasteiger partial charge is 0.496 e. The third kappa shape index (κ3) is 3.83. The van der Waals surface area contributed by atoms with Crippen molar-refractivity contribution in [3.63, 3.8) is 0 Å². The van der Waals surface area contributed by atoms with Crippen molar-refractivity contribution in [1.29, 1.82) is 10.8 Å². The lowest BCUT2D eigenvalue weighted by Gasteiger charge is -2.51. The van der Waals surface area contributed by atoms with E-state index in [4.69, 9.17) is 15.6 Å². The minimum atomic E-state index is -2.71. The molecule has 8 N–H and O–H groups in total. The number of ether oxygens (including phenoxy) is 1. The molecule has 0 radical (unpaired) electrons. The Labute approximate surface area is 230 Å². The first-order valence-corrected chi connectivity index (χ1v) is 12.9. The first-order valence-electron chi connectivity index (χ1n) is 12.9. The van der Waals surface area contributed by atoms with Gasteiger partial charge in [-0.3, -0.25) is 25.3 Å². The third-order valence-electron chi connectivity index (χ3n) is 8.08. The summed E-state index contributed by atoms with van der Waals surface area (Å²) in [6.45, 7) is 5.48. The van der Waals surface area contributed by atoms with Crippen molar-refractivity contribution in [2.45, 2.75) is 55.8 Å². The second-order valence-corrected chi connectivity index (χ2v) is 11.6. The SMILES string of the molecule is COc1c(C(=O)N[C@H]2CN3C(=N)N[C@@H](CN4C(=O)CN(C)C4=O)[C@@H]4NC(=N)N[C@@]43C2(O)O)cccc1C(C)(C)C. The number of carbonyl (C=O) groups excluding carboxylic acids is 3. The molecule has 5 rings (SSSR count). The number of likely N-dealkylation sites (N-methyl/N-ethyl adjacent to an activating group) is 1. The van der Waals surface area contributed by atoms with Gasteiger partial charge >= 0.3 is 6.03 Å². The fraction of sp³-hybridized carbons (Fsp3) is 0.560. The number of nitrogens with zero attached hydrogens (tertiary/aromatic N) is 3. The lowest BCUT2D eigenvalue weighted by Crippen LogP contribution is -2.81. The summed E-state index contributed by atoms with van der Waals surface area (Å²) >= 11 is 0. The van der Waals surface area contributed by atoms with Gasteiger partial charge in [0.25, 0.3) is 5.91 Å². The van der Waals surface area contributed by atoms with Crippen molar-refractivity contribution < 1.29 is 29.3 Å². The molecule has 4 aliphatic heterocycles. The van der Waals surface area contributed by atoms with E-state index in [1.165, 1.54) is 24.0 Å². The van der Waals surface area contributed by atoms with Crippen LogP contribution in [0.3, 0.4) is 0 Å². The zero-order chi connectivity index (χ0) is 29.4. The molecule has 4 amide bonds. The maximum Gasteiger partial charge on any atom is 0.327 e. The molecule has 4 fully saturated rings. The Morgan fingerprint density at radius 2 is 1.93 bits per heavy atom. The predicted molar refractivity (Wildman–Crippen MR) is 142 cm³/mol. The van der Waals surface area contributed by atoms with E-state index in [0.29, 0.717) is 5.75 Å². The fourth-order valence-electron chi connectivity index (χ4n) is 6.14. The Morgan fingerprint density at radius 1 is 1.23 bits per heavy atom. The van der Waals surface area contributed by atoms with Crippen LogP contribution in [0.5, 0.6) is 5.75 Å². The highest BCUT2D eigenvalue weighted by Gasteiger charge is 2.74. The van der Waals surface area contributed by atoms with E-state index in [2.05, 4.69) is 21.3 Å². The van der Waals surface area contributed by atoms with Crippen molar-refractivity contribution >= 4 is 29.8 Å². The van der Waals surface area contributed by atoms with Gasteiger partial charge < -0.3 is 46.0 Å². The Kier molecular flexibility index (Phi) is 6.15. The standard InChI is InChI=1S/C25H35N9O6/c1-23(2,3)13-8-6-7-12(17(13)40-5)19(36)29-15-10-34-21(27)28-14(9-33-16(35)11-32(4)22(33)37)18-24(34,25(15,38)39)31-20(26)30-18/h6-8,14-15,18,38-39H,9-11H2,1-5H3,(H2,27,28)(H,29,36)(H3,26,30,31)/t14-,15-,18-,24-/m0/s1. The van der Waals surface area contributed by atoms with Crippen LogP contribution in [0.25, 0.3) is 0 Å². The highest BCUT2D eigenvalue weighted by molar-refractivity contribution is 6.02. The van der Waals surface area contributed by atoms with Gasteiger partial charge in [-0.1, -0.05) is 32.9 Å². The van der Waals surface area contributed by atoms with Gasteiger partial charge in [0.2, 0.25) is 11.7 Å². The highest BCUT2D eigenvalue weighted by Crippen LogP contribution is 2.43. The van der Waals surface area contributed by atoms with E-state index >= 15 is 0 Å². The molecular formula is C25H35N9O6. The number of guanidine groups is 2. The maximum atomic E-state index is 13.5. The molecule has 0 aliphatic carbocycles. The van der Waals surface area contributed by atoms with Crippen LogP contribution in [0.2, 0.25) is 0 Å². The van der Waals surface area contributed by atoms with Gasteiger partial charge in [0, 0.05) is 19.2 Å². The normalized spacial score (nSPS) is 29.1. The summed E-state index contributed by atoms with van der Waals surface area (Å²) in [7, 11) is 2.96. The smallest absolute Gasteiger partial charge is 0.327 e. The van der Waals surface area contributed by atoms with E-state index in [0.717, 1.165) is 10.5 Å². The van der Waals surface area contributed by atoms with E-state index in [1.807, 2.05) is 26.8 Å². The summed E-state index contributed by atoms with van der Waals surface area (Å²) in [5.74, 6) is -3.86. The summed E-state index contributed by atoms with van der Waals surface area (Å²) in [4.78, 5) is 42.1. The van der Waals surface area contributed by atoms with E-state index in [-0.39, 0.29) is 42.5 Å². The number of aliphatic hydroxyl groups is 2. The van der Waals surface area contributed by atoms with Gasteiger partial charge in [-0.15, -0.1) is 0 Å². The molecular weight excluding hydrogens is 522 g/mol. The number of nitrogens with one attached hydrogen (secondary N) is 6. The molecule has 0 aromatic heterocycles. The number of urea groups is 1. The summed E-state index contributed by atoms with van der Waals surface area (Å²) < 4.78 is 5.58. The average Bonchev–Trinajstić information content (AvgIpc) is 3.43. The molecule has 4 aliphatic rings. The van der Waals surface area contributed by atoms with Gasteiger partial charge in [-0.05, 0) is 11.5 Å². The van der Waals surface area contributed by atoms with Crippen LogP contribution in [0.15, 0.2) is 18.2 Å². The average molecular weight is 558 g/mol. The zero-order valence-corrected chi connectivity index (χ0v) is 23.0. The topological polar surface area (TPSA) is 206 Å². The Balaban J connectivity index is 1.46. The fourth-order valence-corrected chi connectivity index (χ4v) is 6.14. The lowest BCUT2D eigenvalue weighted by molar-refractivity contribution is -0.232. The quantitative estimate of drug-likeness (QED) is 0.149. The molecule has 1 aromatic rings. The number of methoxy groups -OCH3 is 1. The van der Waals surface area contributed by atoms with E-state index in [9.17, 15) is 24.6 Å². The van der Waals surface area contributed by atoms with E-state index in [1.54, 1.807) is 12.1 Å². The van der Waals surface area contributed by atoms with Crippen molar-refractivity contribution in [3.8, 4) is 5.75 Å². The Hall–Kier alpha value is -4.11. The van der Waals surface area contributed by atoms with Gasteiger partial charge in [-0.2, -0.15) is 0 Å². The first-order chi connectivity index (χ1) is 18.6. The van der Waals surface area contributed by atoms with Crippen LogP contribution in [0.4, 0.5) is 4.79 Å². The zero-order valence-electron chi connectivity index (χ0n) is 23.0. The van der Waals surface area contributed by atoms with Gasteiger partial charge in [0.05, 0.1) is 31.3 Å². The molecule has 0 unspecified atom stereocenters. The number of rotatable bonds is 5. The third-order valence-corrected chi connectivity index (χ3v) is 8.08. The van der Waals surface area contributed by atoms with E-state index < -0.39 is 47.4 Å². The van der Waals surface area contributed by atoms with Gasteiger partial charge in [-0.25, -0.2) is 4.79 Å². The molecule has 0 bridgehead atoms. The van der Waals surface area contributed by atoms with Gasteiger partial charge in [0.15, 0.2) is 17.6 Å². The number of imide groups is 1. The van der Waals surface area contributed by atoms with Crippen LogP contribution in [0, 0.1) is 10.8 Å². The molecule has 216 valence electrons. The Morgan fingerprint density at radius 3 is 2.52 bits per heavy atom. The maximum absolute atomic E-state index is 13.5. The number of amides is 4. The Bertz CT molecular complexity index is 1310. The number of hydrogen-bond donors (Lipinski definition) is 8. The second-order valence-electron chi connectivity index (χ2n) is 11.6. The summed E-state index contributed by atoms with van der Waals surface area (Å²) in [6.07, 6.45) is 0. The monoisotopic (exact) mass is 557 g/mol. The number of benzene rings is 1. The molecule has 15 heteroatoms. The van der Waals surface area contributed by atoms with Crippen LogP contribution in [-0.4, -0.2) is 118 Å².